The van der Waals surface area contributed by atoms with E-state index in [1.54, 1.807) is 18.2 Å². The van der Waals surface area contributed by atoms with Crippen molar-refractivity contribution in [2.24, 2.45) is 0 Å². The first-order valence-corrected chi connectivity index (χ1v) is 11.9. The smallest absolute Gasteiger partial charge is 0.326 e. The van der Waals surface area contributed by atoms with E-state index in [0.29, 0.717) is 21.9 Å². The number of nitrogens with zero attached hydrogens (tertiary/aromatic N) is 1. The molecule has 0 saturated heterocycles. The zero-order valence-electron chi connectivity index (χ0n) is 18.5. The fraction of sp³-hybridized carbons (Fsp3) is 0.179. The Hall–Kier alpha value is -3.38. The second-order valence-electron chi connectivity index (χ2n) is 8.50. The number of alkyl halides is 3. The first-order chi connectivity index (χ1) is 16.3. The lowest BCUT2D eigenvalue weighted by Crippen LogP contribution is -2.40. The number of hydrogen-bond acceptors (Lipinski definition) is 2. The minimum absolute atomic E-state index is 0.108. The molecule has 1 aliphatic heterocycles. The molecule has 0 unspecified atom stereocenters. The van der Waals surface area contributed by atoms with E-state index in [2.05, 4.69) is 24.3 Å². The summed E-state index contributed by atoms with van der Waals surface area (Å²) in [4.78, 5) is 16.7. The number of carbonyl (C=O) groups is 1. The number of fused-ring (bicyclic) bond motifs is 1. The Kier molecular flexibility index (Phi) is 5.78. The van der Waals surface area contributed by atoms with Crippen LogP contribution in [0.3, 0.4) is 0 Å². The minimum atomic E-state index is -4.41. The molecule has 0 radical (unpaired) electrons. The number of hydrogen-bond donors (Lipinski definition) is 0. The summed E-state index contributed by atoms with van der Waals surface area (Å²) < 4.78 is 39.5. The molecule has 0 aliphatic carbocycles. The standard InChI is InChI=1S/C28H22F3NOS/c1-18-9-11-20(12-10-18)26-23-8-3-2-5-19(23)15-16-32(26)27(33)25-14-13-24(34-25)21-6-4-7-22(17-21)28(29,30)31/h2-14,17,26H,15-16H2,1H3/t26-/m0/s1. The summed E-state index contributed by atoms with van der Waals surface area (Å²) in [6, 6.07) is 24.9. The second-order valence-corrected chi connectivity index (χ2v) is 9.59. The summed E-state index contributed by atoms with van der Waals surface area (Å²) >= 11 is 1.23. The molecule has 0 saturated carbocycles. The molecule has 4 aromatic rings. The van der Waals surface area contributed by atoms with Crippen molar-refractivity contribution in [1.29, 1.82) is 0 Å². The van der Waals surface area contributed by atoms with Crippen LogP contribution in [0.15, 0.2) is 84.9 Å². The van der Waals surface area contributed by atoms with Gasteiger partial charge in [0.15, 0.2) is 0 Å². The van der Waals surface area contributed by atoms with E-state index in [0.717, 1.165) is 35.2 Å². The van der Waals surface area contributed by atoms with Crippen molar-refractivity contribution in [3.05, 3.63) is 118 Å². The van der Waals surface area contributed by atoms with Crippen LogP contribution >= 0.6 is 11.3 Å². The number of rotatable bonds is 3. The van der Waals surface area contributed by atoms with Crippen molar-refractivity contribution in [3.63, 3.8) is 0 Å². The van der Waals surface area contributed by atoms with Crippen LogP contribution in [0.4, 0.5) is 13.2 Å². The van der Waals surface area contributed by atoms with Gasteiger partial charge in [0.25, 0.3) is 5.91 Å². The SMILES string of the molecule is Cc1ccc([C@H]2c3ccccc3CCN2C(=O)c2ccc(-c3cccc(C(F)(F)F)c3)s2)cc1. The quantitative estimate of drug-likeness (QED) is 0.299. The maximum absolute atomic E-state index is 13.7. The summed E-state index contributed by atoms with van der Waals surface area (Å²) in [5, 5.41) is 0. The average molecular weight is 478 g/mol. The van der Waals surface area contributed by atoms with Gasteiger partial charge in [-0.05, 0) is 59.9 Å². The van der Waals surface area contributed by atoms with Gasteiger partial charge in [0.05, 0.1) is 16.5 Å². The molecule has 1 atom stereocenters. The van der Waals surface area contributed by atoms with Crippen molar-refractivity contribution in [1.82, 2.24) is 4.90 Å². The Morgan fingerprint density at radius 2 is 1.71 bits per heavy atom. The average Bonchev–Trinajstić information content (AvgIpc) is 3.33. The summed E-state index contributed by atoms with van der Waals surface area (Å²) in [5.41, 5.74) is 4.29. The lowest BCUT2D eigenvalue weighted by atomic mass is 9.88. The molecule has 0 fully saturated rings. The van der Waals surface area contributed by atoms with Crippen LogP contribution in [0, 0.1) is 6.92 Å². The highest BCUT2D eigenvalue weighted by molar-refractivity contribution is 7.17. The molecule has 1 aliphatic rings. The van der Waals surface area contributed by atoms with Gasteiger partial charge in [-0.25, -0.2) is 0 Å². The number of benzene rings is 3. The van der Waals surface area contributed by atoms with Gasteiger partial charge in [-0.15, -0.1) is 11.3 Å². The van der Waals surface area contributed by atoms with Crippen LogP contribution in [0.5, 0.6) is 0 Å². The van der Waals surface area contributed by atoms with E-state index in [-0.39, 0.29) is 11.9 Å². The molecule has 34 heavy (non-hydrogen) atoms. The third kappa shape index (κ3) is 4.26. The third-order valence-corrected chi connectivity index (χ3v) is 7.35. The molecule has 0 bridgehead atoms. The Morgan fingerprint density at radius 1 is 0.941 bits per heavy atom. The van der Waals surface area contributed by atoms with Gasteiger partial charge < -0.3 is 4.90 Å². The maximum Gasteiger partial charge on any atom is 0.416 e. The van der Waals surface area contributed by atoms with Crippen molar-refractivity contribution in [2.45, 2.75) is 25.6 Å². The van der Waals surface area contributed by atoms with Crippen molar-refractivity contribution >= 4 is 17.2 Å². The van der Waals surface area contributed by atoms with Gasteiger partial charge in [-0.1, -0.05) is 66.2 Å². The summed E-state index contributed by atoms with van der Waals surface area (Å²) in [6.45, 7) is 2.60. The van der Waals surface area contributed by atoms with Crippen molar-refractivity contribution in [3.8, 4) is 10.4 Å². The molecular formula is C28H22F3NOS. The highest BCUT2D eigenvalue weighted by Crippen LogP contribution is 2.39. The van der Waals surface area contributed by atoms with E-state index in [1.165, 1.54) is 23.0 Å². The molecule has 1 amide bonds. The number of carbonyl (C=O) groups excluding carboxylic acids is 1. The van der Waals surface area contributed by atoms with Crippen LogP contribution < -0.4 is 0 Å². The molecule has 0 spiro atoms. The van der Waals surface area contributed by atoms with Crippen molar-refractivity contribution < 1.29 is 18.0 Å². The van der Waals surface area contributed by atoms with Gasteiger partial charge in [-0.2, -0.15) is 13.2 Å². The van der Waals surface area contributed by atoms with Gasteiger partial charge in [-0.3, -0.25) is 4.79 Å². The van der Waals surface area contributed by atoms with Crippen LogP contribution in [0.2, 0.25) is 0 Å². The van der Waals surface area contributed by atoms with Gasteiger partial charge >= 0.3 is 6.18 Å². The molecular weight excluding hydrogens is 455 g/mol. The molecule has 0 N–H and O–H groups in total. The summed E-state index contributed by atoms with van der Waals surface area (Å²) in [6.07, 6.45) is -3.65. The first kappa shape index (κ1) is 22.4. The van der Waals surface area contributed by atoms with E-state index in [1.807, 2.05) is 36.1 Å². The zero-order chi connectivity index (χ0) is 23.9. The lowest BCUT2D eigenvalue weighted by molar-refractivity contribution is -0.137. The van der Waals surface area contributed by atoms with E-state index >= 15 is 0 Å². The molecule has 3 aromatic carbocycles. The highest BCUT2D eigenvalue weighted by atomic mass is 32.1. The Balaban J connectivity index is 1.50. The maximum atomic E-state index is 13.7. The predicted molar refractivity (Wildman–Crippen MR) is 129 cm³/mol. The van der Waals surface area contributed by atoms with Crippen LogP contribution in [0.1, 0.15) is 43.5 Å². The number of amides is 1. The fourth-order valence-electron chi connectivity index (χ4n) is 4.49. The minimum Gasteiger partial charge on any atom is -0.326 e. The Bertz CT molecular complexity index is 1340. The summed E-state index contributed by atoms with van der Waals surface area (Å²) in [5.74, 6) is -0.108. The number of halogens is 3. The van der Waals surface area contributed by atoms with Crippen LogP contribution in [-0.4, -0.2) is 17.4 Å². The van der Waals surface area contributed by atoms with Crippen molar-refractivity contribution in [2.75, 3.05) is 6.54 Å². The Morgan fingerprint density at radius 3 is 2.47 bits per heavy atom. The molecule has 172 valence electrons. The van der Waals surface area contributed by atoms with E-state index in [4.69, 9.17) is 0 Å². The molecule has 6 heteroatoms. The largest absolute Gasteiger partial charge is 0.416 e. The third-order valence-electron chi connectivity index (χ3n) is 6.23. The normalized spacial score (nSPS) is 15.8. The Labute approximate surface area is 200 Å². The van der Waals surface area contributed by atoms with Gasteiger partial charge in [0, 0.05) is 11.4 Å². The zero-order valence-corrected chi connectivity index (χ0v) is 19.3. The highest BCUT2D eigenvalue weighted by Gasteiger charge is 2.33. The monoisotopic (exact) mass is 477 g/mol. The van der Waals surface area contributed by atoms with Gasteiger partial charge in [0.2, 0.25) is 0 Å². The number of aryl methyl sites for hydroxylation is 1. The lowest BCUT2D eigenvalue weighted by Gasteiger charge is -2.37. The summed E-state index contributed by atoms with van der Waals surface area (Å²) in [7, 11) is 0. The van der Waals surface area contributed by atoms with Crippen LogP contribution in [-0.2, 0) is 12.6 Å². The first-order valence-electron chi connectivity index (χ1n) is 11.0. The second kappa shape index (κ2) is 8.76. The topological polar surface area (TPSA) is 20.3 Å². The predicted octanol–water partition coefficient (Wildman–Crippen LogP) is 7.53. The van der Waals surface area contributed by atoms with E-state index < -0.39 is 11.7 Å². The van der Waals surface area contributed by atoms with Gasteiger partial charge in [0.1, 0.15) is 0 Å². The molecule has 1 aromatic heterocycles. The van der Waals surface area contributed by atoms with Crippen LogP contribution in [0.25, 0.3) is 10.4 Å². The molecule has 2 heterocycles. The fourth-order valence-corrected chi connectivity index (χ4v) is 5.45. The number of thiophene rings is 1. The molecule has 5 rings (SSSR count). The molecule has 2 nitrogen and oxygen atoms in total. The van der Waals surface area contributed by atoms with E-state index in [9.17, 15) is 18.0 Å².